The third-order valence-electron chi connectivity index (χ3n) is 9.24. The summed E-state index contributed by atoms with van der Waals surface area (Å²) in [5.41, 5.74) is 8.01. The van der Waals surface area contributed by atoms with Crippen LogP contribution in [-0.4, -0.2) is 36.1 Å². The maximum Gasteiger partial charge on any atom is 0.150 e. The number of hydrogen-bond donors (Lipinski definition) is 0. The Bertz CT molecular complexity index is 2120. The zero-order chi connectivity index (χ0) is 31.5. The Kier molecular flexibility index (Phi) is 7.88. The molecule has 0 fully saturated rings. The molecule has 0 amide bonds. The minimum Gasteiger partial charge on any atom is -0.433 e. The SMILES string of the molecule is C[Si]1(C)c2[c-]c(-c3ccccn3)cc3c2N(c2ccccc21)c1ccccc1[Si]3(C)C.[Ir].c1cnc(-c2nc3ccccc3[n-]2)nc1. The van der Waals surface area contributed by atoms with E-state index in [-0.39, 0.29) is 20.1 Å². The monoisotopic (exact) mass is 821 g/mol. The number of pyridine rings is 1. The minimum absolute atomic E-state index is 0. The molecule has 0 saturated heterocycles. The van der Waals surface area contributed by atoms with E-state index in [2.05, 4.69) is 129 Å². The van der Waals surface area contributed by atoms with Gasteiger partial charge in [0.2, 0.25) is 0 Å². The molecule has 4 aromatic carbocycles. The van der Waals surface area contributed by atoms with E-state index in [1.807, 2.05) is 36.5 Å². The third-order valence-corrected chi connectivity index (χ3v) is 16.1. The largest absolute Gasteiger partial charge is 0.433 e. The molecule has 0 atom stereocenters. The molecule has 0 spiro atoms. The summed E-state index contributed by atoms with van der Waals surface area (Å²) in [4.78, 5) is 24.1. The number of anilines is 3. The Hall–Kier alpha value is -4.54. The van der Waals surface area contributed by atoms with Crippen molar-refractivity contribution in [2.45, 2.75) is 26.2 Å². The zero-order valence-electron chi connectivity index (χ0n) is 26.6. The second-order valence-electron chi connectivity index (χ2n) is 12.8. The number of aromatic nitrogens is 5. The first-order chi connectivity index (χ1) is 22.3. The van der Waals surface area contributed by atoms with E-state index in [0.29, 0.717) is 11.6 Å². The van der Waals surface area contributed by atoms with Crippen LogP contribution in [-0.2, 0) is 20.1 Å². The summed E-state index contributed by atoms with van der Waals surface area (Å²) >= 11 is 0. The van der Waals surface area contributed by atoms with Crippen molar-refractivity contribution in [1.82, 2.24) is 24.9 Å². The fraction of sp³-hybridized carbons (Fsp3) is 0.105. The van der Waals surface area contributed by atoms with Crippen molar-refractivity contribution < 1.29 is 20.1 Å². The Morgan fingerprint density at radius 1 is 0.638 bits per heavy atom. The summed E-state index contributed by atoms with van der Waals surface area (Å²) in [7, 11) is -3.84. The van der Waals surface area contributed by atoms with Gasteiger partial charge in [0, 0.05) is 50.1 Å². The van der Waals surface area contributed by atoms with E-state index in [1.165, 1.54) is 37.8 Å². The standard InChI is InChI=1S/C27H25N2Si2.C11H7N4.Ir/c1-30(2)23-14-7-5-12-21(23)29-22-13-6-8-15-24(22)31(3,4)26-18-19(17-25(30)27(26)29)20-11-9-10-16-28-20;1-2-5-9-8(4-1)14-11(15-9)10-12-6-3-7-13-10;/h5-17H,1-4H3;1-7H;/q2*-1;. The molecule has 0 unspecified atom stereocenters. The van der Waals surface area contributed by atoms with Crippen LogP contribution >= 0.6 is 0 Å². The van der Waals surface area contributed by atoms with E-state index in [1.54, 1.807) is 18.5 Å². The van der Waals surface area contributed by atoms with E-state index < -0.39 is 16.1 Å². The van der Waals surface area contributed by atoms with Crippen LogP contribution in [0.3, 0.4) is 0 Å². The van der Waals surface area contributed by atoms with Crippen molar-refractivity contribution in [2.24, 2.45) is 0 Å². The zero-order valence-corrected chi connectivity index (χ0v) is 31.0. The molecular weight excluding hydrogens is 789 g/mol. The molecule has 5 heterocycles. The number of nitrogens with zero attached hydrogens (tertiary/aromatic N) is 6. The van der Waals surface area contributed by atoms with Gasteiger partial charge in [-0.3, -0.25) is 0 Å². The van der Waals surface area contributed by atoms with Crippen LogP contribution in [0.4, 0.5) is 17.1 Å². The molecule has 0 N–H and O–H groups in total. The molecule has 0 bridgehead atoms. The Morgan fingerprint density at radius 3 is 1.94 bits per heavy atom. The molecule has 6 nitrogen and oxygen atoms in total. The van der Waals surface area contributed by atoms with Gasteiger partial charge in [0.15, 0.2) is 5.82 Å². The van der Waals surface area contributed by atoms with Crippen molar-refractivity contribution in [3.05, 3.63) is 128 Å². The Labute approximate surface area is 290 Å². The molecule has 7 aromatic rings. The molecule has 1 radical (unpaired) electrons. The van der Waals surface area contributed by atoms with Crippen LogP contribution in [0.2, 0.25) is 26.2 Å². The Balaban J connectivity index is 0.000000184. The van der Waals surface area contributed by atoms with Gasteiger partial charge in [0.1, 0.15) is 0 Å². The van der Waals surface area contributed by atoms with Crippen molar-refractivity contribution in [3.63, 3.8) is 0 Å². The summed E-state index contributed by atoms with van der Waals surface area (Å²) in [6.07, 6.45) is 5.25. The quantitative estimate of drug-likeness (QED) is 0.159. The smallest absolute Gasteiger partial charge is 0.150 e. The van der Waals surface area contributed by atoms with E-state index >= 15 is 0 Å². The average Bonchev–Trinajstić information content (AvgIpc) is 3.54. The molecule has 2 aliphatic rings. The van der Waals surface area contributed by atoms with Gasteiger partial charge in [0.25, 0.3) is 0 Å². The second-order valence-corrected chi connectivity index (χ2v) is 21.4. The molecular formula is C38H32IrN6Si2-2. The first-order valence-electron chi connectivity index (χ1n) is 15.5. The van der Waals surface area contributed by atoms with Crippen LogP contribution in [0.1, 0.15) is 0 Å². The average molecular weight is 821 g/mol. The van der Waals surface area contributed by atoms with Crippen LogP contribution in [0.15, 0.2) is 122 Å². The normalized spacial score (nSPS) is 14.5. The Morgan fingerprint density at radius 2 is 1.26 bits per heavy atom. The number of hydrogen-bond acceptors (Lipinski definition) is 5. The van der Waals surface area contributed by atoms with Gasteiger partial charge < -0.3 is 19.9 Å². The molecule has 0 aliphatic carbocycles. The third kappa shape index (κ3) is 5.11. The number of benzene rings is 4. The molecule has 3 aromatic heterocycles. The topological polar surface area (TPSA) is 68.9 Å². The summed E-state index contributed by atoms with van der Waals surface area (Å²) in [6, 6.07) is 40.0. The van der Waals surface area contributed by atoms with E-state index in [4.69, 9.17) is 0 Å². The molecule has 9 heteroatoms. The minimum atomic E-state index is -1.94. The predicted molar refractivity (Wildman–Crippen MR) is 193 cm³/mol. The van der Waals surface area contributed by atoms with Gasteiger partial charge in [-0.25, -0.2) is 9.97 Å². The number of imidazole rings is 1. The summed E-state index contributed by atoms with van der Waals surface area (Å²) in [5, 5.41) is 5.91. The first-order valence-corrected chi connectivity index (χ1v) is 21.5. The van der Waals surface area contributed by atoms with Crippen LogP contribution in [0.5, 0.6) is 0 Å². The van der Waals surface area contributed by atoms with Gasteiger partial charge in [-0.15, -0.1) is 28.1 Å². The number of para-hydroxylation sites is 4. The molecule has 233 valence electrons. The second kappa shape index (κ2) is 11.9. The summed E-state index contributed by atoms with van der Waals surface area (Å²) < 4.78 is 0. The van der Waals surface area contributed by atoms with E-state index in [9.17, 15) is 0 Å². The molecule has 0 saturated carbocycles. The number of fused-ring (bicyclic) bond motifs is 5. The maximum absolute atomic E-state index is 4.68. The molecule has 9 rings (SSSR count). The first kappa shape index (κ1) is 31.1. The predicted octanol–water partition coefficient (Wildman–Crippen LogP) is 5.94. The number of rotatable bonds is 2. The van der Waals surface area contributed by atoms with Crippen molar-refractivity contribution in [1.29, 1.82) is 0 Å². The van der Waals surface area contributed by atoms with Gasteiger partial charge in [0.05, 0.1) is 16.1 Å². The maximum atomic E-state index is 4.68. The fourth-order valence-electron chi connectivity index (χ4n) is 6.86. The summed E-state index contributed by atoms with van der Waals surface area (Å²) in [5.74, 6) is 1.14. The van der Waals surface area contributed by atoms with Crippen LogP contribution in [0, 0.1) is 6.07 Å². The van der Waals surface area contributed by atoms with Crippen LogP contribution < -0.4 is 30.6 Å². The van der Waals surface area contributed by atoms with E-state index in [0.717, 1.165) is 22.3 Å². The van der Waals surface area contributed by atoms with Gasteiger partial charge in [-0.2, -0.15) is 0 Å². The van der Waals surface area contributed by atoms with Gasteiger partial charge in [-0.1, -0.05) is 99.0 Å². The van der Waals surface area contributed by atoms with Gasteiger partial charge >= 0.3 is 0 Å². The fourth-order valence-corrected chi connectivity index (χ4v) is 12.9. The van der Waals surface area contributed by atoms with Crippen molar-refractivity contribution >= 4 is 65.0 Å². The van der Waals surface area contributed by atoms with Gasteiger partial charge in [-0.05, 0) is 62.9 Å². The summed E-state index contributed by atoms with van der Waals surface area (Å²) in [6.45, 7) is 9.95. The molecule has 47 heavy (non-hydrogen) atoms. The van der Waals surface area contributed by atoms with Crippen LogP contribution in [0.25, 0.3) is 33.9 Å². The van der Waals surface area contributed by atoms with Crippen molar-refractivity contribution in [3.8, 4) is 22.9 Å². The van der Waals surface area contributed by atoms with Crippen molar-refractivity contribution in [2.75, 3.05) is 4.90 Å². The molecule has 2 aliphatic heterocycles.